The zero-order chi connectivity index (χ0) is 10.9. The highest BCUT2D eigenvalue weighted by atomic mass is 16.5. The average molecular weight is 212 g/mol. The molecular weight excluding hydrogens is 192 g/mol. The van der Waals surface area contributed by atoms with E-state index in [1.54, 1.807) is 0 Å². The minimum absolute atomic E-state index is 0.228. The second-order valence-corrected chi connectivity index (χ2v) is 4.77. The molecular formula is C11H20N2O2. The summed E-state index contributed by atoms with van der Waals surface area (Å²) in [6.45, 7) is 1.95. The van der Waals surface area contributed by atoms with Crippen LogP contribution in [0, 0.1) is 5.41 Å². The number of amides is 1. The second-order valence-electron chi connectivity index (χ2n) is 4.77. The van der Waals surface area contributed by atoms with Crippen molar-refractivity contribution in [1.82, 2.24) is 4.90 Å². The van der Waals surface area contributed by atoms with E-state index in [2.05, 4.69) is 0 Å². The third-order valence-corrected chi connectivity index (χ3v) is 3.93. The van der Waals surface area contributed by atoms with Crippen LogP contribution < -0.4 is 5.73 Å². The van der Waals surface area contributed by atoms with E-state index in [0.29, 0.717) is 13.2 Å². The Hall–Kier alpha value is -0.610. The van der Waals surface area contributed by atoms with Gasteiger partial charge in [-0.15, -0.1) is 0 Å². The lowest BCUT2D eigenvalue weighted by molar-refractivity contribution is -0.147. The predicted molar refractivity (Wildman–Crippen MR) is 57.3 cm³/mol. The van der Waals surface area contributed by atoms with Crippen molar-refractivity contribution in [3.63, 3.8) is 0 Å². The van der Waals surface area contributed by atoms with Crippen LogP contribution in [0.25, 0.3) is 0 Å². The molecule has 4 nitrogen and oxygen atoms in total. The molecule has 15 heavy (non-hydrogen) atoms. The van der Waals surface area contributed by atoms with E-state index in [0.717, 1.165) is 32.3 Å². The van der Waals surface area contributed by atoms with Crippen molar-refractivity contribution in [1.29, 1.82) is 0 Å². The van der Waals surface area contributed by atoms with E-state index in [1.165, 1.54) is 0 Å². The molecule has 0 aromatic heterocycles. The molecule has 86 valence electrons. The number of nitrogens with zero attached hydrogens (tertiary/aromatic N) is 1. The second kappa shape index (κ2) is 4.10. The fourth-order valence-corrected chi connectivity index (χ4v) is 2.48. The summed E-state index contributed by atoms with van der Waals surface area (Å²) in [6.07, 6.45) is 4.02. The lowest BCUT2D eigenvalue weighted by Gasteiger charge is -2.43. The normalized spacial score (nSPS) is 28.5. The van der Waals surface area contributed by atoms with Gasteiger partial charge in [-0.25, -0.2) is 0 Å². The average Bonchev–Trinajstić information content (AvgIpc) is 2.68. The third-order valence-electron chi connectivity index (χ3n) is 3.93. The molecule has 1 unspecified atom stereocenters. The Bertz CT molecular complexity index is 239. The number of carbonyl (C=O) groups excluding carboxylic acids is 1. The maximum absolute atomic E-state index is 12.3. The minimum Gasteiger partial charge on any atom is -0.379 e. The van der Waals surface area contributed by atoms with E-state index < -0.39 is 0 Å². The molecule has 1 amide bonds. The molecule has 1 saturated carbocycles. The molecule has 2 N–H and O–H groups in total. The molecule has 0 spiro atoms. The van der Waals surface area contributed by atoms with Gasteiger partial charge in [-0.1, -0.05) is 6.42 Å². The maximum atomic E-state index is 12.3. The monoisotopic (exact) mass is 212 g/mol. The summed E-state index contributed by atoms with van der Waals surface area (Å²) in [5.41, 5.74) is 5.49. The summed E-state index contributed by atoms with van der Waals surface area (Å²) in [5.74, 6) is 0.228. The highest BCUT2D eigenvalue weighted by Crippen LogP contribution is 2.41. The fourth-order valence-electron chi connectivity index (χ4n) is 2.48. The van der Waals surface area contributed by atoms with Gasteiger partial charge in [0.25, 0.3) is 0 Å². The van der Waals surface area contributed by atoms with Crippen LogP contribution in [0.15, 0.2) is 0 Å². The molecule has 2 fully saturated rings. The Morgan fingerprint density at radius 1 is 1.60 bits per heavy atom. The number of hydrogen-bond acceptors (Lipinski definition) is 3. The van der Waals surface area contributed by atoms with Gasteiger partial charge < -0.3 is 15.4 Å². The van der Waals surface area contributed by atoms with Gasteiger partial charge >= 0.3 is 0 Å². The first-order valence-electron chi connectivity index (χ1n) is 5.75. The van der Waals surface area contributed by atoms with E-state index in [1.807, 2.05) is 11.9 Å². The highest BCUT2D eigenvalue weighted by molar-refractivity contribution is 5.84. The van der Waals surface area contributed by atoms with Gasteiger partial charge in [0.05, 0.1) is 18.1 Å². The topological polar surface area (TPSA) is 55.6 Å². The van der Waals surface area contributed by atoms with Crippen LogP contribution in [0.2, 0.25) is 0 Å². The summed E-state index contributed by atoms with van der Waals surface area (Å²) >= 11 is 0. The third kappa shape index (κ3) is 1.76. The molecule has 2 rings (SSSR count). The molecule has 2 aliphatic rings. The molecule has 0 aromatic rings. The summed E-state index contributed by atoms with van der Waals surface area (Å²) in [5, 5.41) is 0. The van der Waals surface area contributed by atoms with Crippen LogP contribution in [0.1, 0.15) is 25.7 Å². The molecule has 1 saturated heterocycles. The smallest absolute Gasteiger partial charge is 0.230 e. The molecule has 1 aliphatic heterocycles. The predicted octanol–water partition coefficient (Wildman–Crippen LogP) is 0.363. The van der Waals surface area contributed by atoms with E-state index in [4.69, 9.17) is 10.5 Å². The van der Waals surface area contributed by atoms with E-state index >= 15 is 0 Å². The van der Waals surface area contributed by atoms with Crippen LogP contribution in [-0.2, 0) is 9.53 Å². The van der Waals surface area contributed by atoms with Crippen molar-refractivity contribution in [2.24, 2.45) is 11.1 Å². The molecule has 1 aliphatic carbocycles. The first-order chi connectivity index (χ1) is 7.19. The molecule has 0 bridgehead atoms. The Kier molecular flexibility index (Phi) is 2.98. The molecule has 4 heteroatoms. The van der Waals surface area contributed by atoms with E-state index in [-0.39, 0.29) is 17.4 Å². The van der Waals surface area contributed by atoms with Crippen molar-refractivity contribution in [2.45, 2.75) is 31.7 Å². The molecule has 0 radical (unpaired) electrons. The first kappa shape index (κ1) is 10.9. The van der Waals surface area contributed by atoms with Gasteiger partial charge in [0.1, 0.15) is 0 Å². The number of carbonyl (C=O) groups is 1. The Morgan fingerprint density at radius 3 is 2.73 bits per heavy atom. The van der Waals surface area contributed by atoms with Gasteiger partial charge in [0.15, 0.2) is 0 Å². The summed E-state index contributed by atoms with van der Waals surface area (Å²) < 4.78 is 5.30. The number of likely N-dealkylation sites (N-methyl/N-ethyl adjacent to an activating group) is 1. The number of hydrogen-bond donors (Lipinski definition) is 1. The number of ether oxygens (including phenoxy) is 1. The van der Waals surface area contributed by atoms with Crippen LogP contribution in [0.4, 0.5) is 0 Å². The Balaban J connectivity index is 1.99. The number of rotatable bonds is 3. The largest absolute Gasteiger partial charge is 0.379 e. The molecule has 1 atom stereocenters. The fraction of sp³-hybridized carbons (Fsp3) is 0.909. The Labute approximate surface area is 90.8 Å². The SMILES string of the molecule is CN(C(=O)C1(CN)CCC1)C1CCOC1. The van der Waals surface area contributed by atoms with Gasteiger partial charge in [-0.3, -0.25) is 4.79 Å². The first-order valence-corrected chi connectivity index (χ1v) is 5.75. The lowest BCUT2D eigenvalue weighted by atomic mass is 9.67. The van der Waals surface area contributed by atoms with Crippen LogP contribution in [0.5, 0.6) is 0 Å². The van der Waals surface area contributed by atoms with Crippen molar-refractivity contribution in [2.75, 3.05) is 26.8 Å². The number of nitrogens with two attached hydrogens (primary N) is 1. The summed E-state index contributed by atoms with van der Waals surface area (Å²) in [4.78, 5) is 14.1. The Morgan fingerprint density at radius 2 is 2.33 bits per heavy atom. The standard InChI is InChI=1S/C11H20N2O2/c1-13(9-3-6-15-7-9)10(14)11(8-12)4-2-5-11/h9H,2-8,12H2,1H3. The summed E-state index contributed by atoms with van der Waals surface area (Å²) in [7, 11) is 1.89. The zero-order valence-corrected chi connectivity index (χ0v) is 9.37. The van der Waals surface area contributed by atoms with Crippen molar-refractivity contribution in [3.8, 4) is 0 Å². The highest BCUT2D eigenvalue weighted by Gasteiger charge is 2.45. The lowest BCUT2D eigenvalue weighted by Crippen LogP contribution is -2.53. The van der Waals surface area contributed by atoms with Gasteiger partial charge in [-0.05, 0) is 19.3 Å². The van der Waals surface area contributed by atoms with Crippen LogP contribution in [-0.4, -0.2) is 43.7 Å². The van der Waals surface area contributed by atoms with Gasteiger partial charge in [-0.2, -0.15) is 0 Å². The van der Waals surface area contributed by atoms with Gasteiger partial charge in [0.2, 0.25) is 5.91 Å². The maximum Gasteiger partial charge on any atom is 0.230 e. The van der Waals surface area contributed by atoms with Crippen molar-refractivity contribution in [3.05, 3.63) is 0 Å². The zero-order valence-electron chi connectivity index (χ0n) is 9.37. The van der Waals surface area contributed by atoms with E-state index in [9.17, 15) is 4.79 Å². The minimum atomic E-state index is -0.239. The van der Waals surface area contributed by atoms with Crippen molar-refractivity contribution >= 4 is 5.91 Å². The van der Waals surface area contributed by atoms with Gasteiger partial charge in [0, 0.05) is 20.2 Å². The molecule has 1 heterocycles. The molecule has 0 aromatic carbocycles. The van der Waals surface area contributed by atoms with Crippen molar-refractivity contribution < 1.29 is 9.53 Å². The van der Waals surface area contributed by atoms with Crippen LogP contribution >= 0.6 is 0 Å². The quantitative estimate of drug-likeness (QED) is 0.735. The summed E-state index contributed by atoms with van der Waals surface area (Å²) in [6, 6.07) is 0.265. The van der Waals surface area contributed by atoms with Crippen LogP contribution in [0.3, 0.4) is 0 Å².